The van der Waals surface area contributed by atoms with E-state index in [9.17, 15) is 22.1 Å². The van der Waals surface area contributed by atoms with Crippen molar-refractivity contribution < 1.29 is 31.2 Å². The summed E-state index contributed by atoms with van der Waals surface area (Å²) in [5.74, 6) is -0.854. The molecule has 0 unspecified atom stereocenters. The van der Waals surface area contributed by atoms with Gasteiger partial charge in [0, 0.05) is 12.4 Å². The van der Waals surface area contributed by atoms with E-state index in [4.69, 9.17) is 32.2 Å². The lowest BCUT2D eigenvalue weighted by molar-refractivity contribution is -0.143. The largest absolute Gasteiger partial charge is 0.432 e. The molecule has 0 atom stereocenters. The molecule has 5 nitrogen and oxygen atoms in total. The van der Waals surface area contributed by atoms with Gasteiger partial charge in [0.1, 0.15) is 22.0 Å². The summed E-state index contributed by atoms with van der Waals surface area (Å²) in [4.78, 5) is 3.88. The van der Waals surface area contributed by atoms with Crippen molar-refractivity contribution in [3.63, 3.8) is 0 Å². The molecule has 0 aliphatic heterocycles. The average Bonchev–Trinajstić information content (AvgIpc) is 3.00. The van der Waals surface area contributed by atoms with Gasteiger partial charge in [0.25, 0.3) is 0 Å². The van der Waals surface area contributed by atoms with E-state index in [1.807, 2.05) is 0 Å². The molecule has 0 amide bonds. The first-order valence-electron chi connectivity index (χ1n) is 8.45. The molecule has 166 valence electrons. The number of nitrogens with zero attached hydrogens (tertiary/aromatic N) is 2. The molecule has 30 heavy (non-hydrogen) atoms. The van der Waals surface area contributed by atoms with Gasteiger partial charge in [0.2, 0.25) is 0 Å². The number of aromatic nitrogens is 1. The van der Waals surface area contributed by atoms with E-state index in [-0.39, 0.29) is 39.1 Å². The second kappa shape index (κ2) is 9.97. The number of hydrogen-bond donors (Lipinski definition) is 0. The minimum Gasteiger partial charge on any atom is -0.316 e. The van der Waals surface area contributed by atoms with Crippen molar-refractivity contribution in [1.29, 1.82) is 0 Å². The monoisotopic (exact) mass is 506 g/mol. The second-order valence-electron chi connectivity index (χ2n) is 5.70. The zero-order valence-corrected chi connectivity index (χ0v) is 19.2. The molecule has 0 aliphatic carbocycles. The van der Waals surface area contributed by atoms with Gasteiger partial charge in [-0.3, -0.25) is 4.57 Å². The van der Waals surface area contributed by atoms with Crippen LogP contribution >= 0.6 is 42.1 Å². The summed E-state index contributed by atoms with van der Waals surface area (Å²) in [5.41, 5.74) is -1.06. The molecule has 0 bridgehead atoms. The minimum absolute atomic E-state index is 0.0650. The summed E-state index contributed by atoms with van der Waals surface area (Å²) in [5, 5.41) is 0.806. The Labute approximate surface area is 184 Å². The van der Waals surface area contributed by atoms with Gasteiger partial charge in [-0.05, 0) is 37.6 Å². The summed E-state index contributed by atoms with van der Waals surface area (Å²) >= 11 is 12.9. The van der Waals surface area contributed by atoms with Gasteiger partial charge < -0.3 is 13.6 Å². The van der Waals surface area contributed by atoms with Gasteiger partial charge >= 0.3 is 13.8 Å². The lowest BCUT2D eigenvalue weighted by Crippen LogP contribution is -2.18. The highest BCUT2D eigenvalue weighted by Crippen LogP contribution is 2.58. The van der Waals surface area contributed by atoms with Crippen molar-refractivity contribution in [2.75, 3.05) is 13.2 Å². The Bertz CT molecular complexity index is 1060. The van der Waals surface area contributed by atoms with Crippen molar-refractivity contribution in [3.8, 4) is 0 Å². The molecule has 1 heterocycles. The first-order chi connectivity index (χ1) is 13.9. The number of halogens is 6. The van der Waals surface area contributed by atoms with E-state index in [1.54, 1.807) is 13.8 Å². The van der Waals surface area contributed by atoms with Crippen LogP contribution in [0, 0.1) is 5.82 Å². The minimum atomic E-state index is -4.57. The molecule has 0 saturated carbocycles. The first kappa shape index (κ1) is 25.1. The van der Waals surface area contributed by atoms with Gasteiger partial charge in [-0.25, -0.2) is 9.38 Å². The normalized spacial score (nSPS) is 13.9. The Morgan fingerprint density at radius 1 is 1.30 bits per heavy atom. The van der Waals surface area contributed by atoms with Crippen molar-refractivity contribution >= 4 is 53.9 Å². The van der Waals surface area contributed by atoms with Crippen LogP contribution in [0.5, 0.6) is 0 Å². The molecule has 0 spiro atoms. The Morgan fingerprint density at radius 2 is 1.90 bits per heavy atom. The van der Waals surface area contributed by atoms with Crippen LogP contribution in [0.1, 0.15) is 25.1 Å². The van der Waals surface area contributed by atoms with E-state index < -0.39 is 25.3 Å². The summed E-state index contributed by atoms with van der Waals surface area (Å²) in [6.45, 7) is 3.34. The molecule has 0 radical (unpaired) electrons. The van der Waals surface area contributed by atoms with E-state index in [0.717, 1.165) is 16.0 Å². The standard InChI is InChI=1S/C17H17Cl2F4N2O3PS/c1-4-27-29(26,28-5-2)15(19)7-10-6-13(12(20)8-11(10)18)24-16-25(3)14(9-30-16)17(21,22)23/h6-9H,4-5H2,1-3H3/b15-7+,24-16?. The topological polar surface area (TPSA) is 52.8 Å². The van der Waals surface area contributed by atoms with Crippen molar-refractivity contribution in [2.45, 2.75) is 20.0 Å². The van der Waals surface area contributed by atoms with Gasteiger partial charge in [0.15, 0.2) is 4.80 Å². The van der Waals surface area contributed by atoms with Crippen LogP contribution < -0.4 is 4.80 Å². The molecule has 2 aromatic rings. The number of rotatable bonds is 7. The SMILES string of the molecule is CCOP(=O)(OCC)/C(Cl)=C/c1cc(N=c2scc(C(F)(F)F)n2C)c(F)cc1Cl. The zero-order chi connectivity index (χ0) is 22.7. The molecule has 0 N–H and O–H groups in total. The molecule has 13 heteroatoms. The number of hydrogen-bond acceptors (Lipinski definition) is 5. The fourth-order valence-corrected chi connectivity index (χ4v) is 5.12. The molecule has 0 aliphatic rings. The molecule has 2 rings (SSSR count). The number of benzene rings is 1. The fourth-order valence-electron chi connectivity index (χ4n) is 2.29. The van der Waals surface area contributed by atoms with Gasteiger partial charge in [-0.2, -0.15) is 13.2 Å². The third-order valence-corrected chi connectivity index (χ3v) is 7.45. The van der Waals surface area contributed by atoms with Crippen LogP contribution in [0.25, 0.3) is 6.08 Å². The molecule has 1 aromatic carbocycles. The number of alkyl halides is 3. The second-order valence-corrected chi connectivity index (χ2v) is 9.60. The molecule has 0 fully saturated rings. The van der Waals surface area contributed by atoms with E-state index in [1.165, 1.54) is 19.2 Å². The fraction of sp³-hybridized carbons (Fsp3) is 0.353. The summed E-state index contributed by atoms with van der Waals surface area (Å²) in [6, 6.07) is 2.11. The average molecular weight is 507 g/mol. The van der Waals surface area contributed by atoms with Crippen molar-refractivity contribution in [3.05, 3.63) is 49.2 Å². The van der Waals surface area contributed by atoms with Crippen LogP contribution in [-0.4, -0.2) is 17.8 Å². The van der Waals surface area contributed by atoms with Crippen LogP contribution in [0.15, 0.2) is 27.3 Å². The van der Waals surface area contributed by atoms with Crippen LogP contribution in [0.2, 0.25) is 5.02 Å². The quantitative estimate of drug-likeness (QED) is 0.302. The molecular formula is C17H17Cl2F4N2O3PS. The van der Waals surface area contributed by atoms with Gasteiger partial charge in [-0.1, -0.05) is 23.2 Å². The highest BCUT2D eigenvalue weighted by atomic mass is 35.5. The molecule has 0 saturated heterocycles. The maximum absolute atomic E-state index is 14.3. The maximum Gasteiger partial charge on any atom is 0.432 e. The van der Waals surface area contributed by atoms with Crippen LogP contribution in [-0.2, 0) is 26.8 Å². The van der Waals surface area contributed by atoms with Crippen LogP contribution in [0.3, 0.4) is 0 Å². The Hall–Kier alpha value is -1.16. The van der Waals surface area contributed by atoms with E-state index in [0.29, 0.717) is 11.3 Å². The molecular weight excluding hydrogens is 490 g/mol. The van der Waals surface area contributed by atoms with Gasteiger partial charge in [-0.15, -0.1) is 11.3 Å². The highest BCUT2D eigenvalue weighted by Gasteiger charge is 2.34. The Morgan fingerprint density at radius 3 is 2.40 bits per heavy atom. The summed E-state index contributed by atoms with van der Waals surface area (Å²) in [7, 11) is -2.63. The Kier molecular flexibility index (Phi) is 8.35. The predicted octanol–water partition coefficient (Wildman–Crippen LogP) is 6.93. The van der Waals surface area contributed by atoms with Crippen molar-refractivity contribution in [2.24, 2.45) is 12.0 Å². The number of thiazole rings is 1. The maximum atomic E-state index is 14.3. The summed E-state index contributed by atoms with van der Waals surface area (Å²) < 4.78 is 76.7. The lowest BCUT2D eigenvalue weighted by atomic mass is 10.2. The highest BCUT2D eigenvalue weighted by molar-refractivity contribution is 7.61. The first-order valence-corrected chi connectivity index (χ1v) is 11.6. The smallest absolute Gasteiger partial charge is 0.316 e. The Balaban J connectivity index is 2.57. The van der Waals surface area contributed by atoms with Crippen LogP contribution in [0.4, 0.5) is 23.2 Å². The van der Waals surface area contributed by atoms with E-state index >= 15 is 0 Å². The van der Waals surface area contributed by atoms with Crippen molar-refractivity contribution in [1.82, 2.24) is 4.57 Å². The van der Waals surface area contributed by atoms with E-state index in [2.05, 4.69) is 4.99 Å². The third-order valence-electron chi connectivity index (χ3n) is 3.63. The predicted molar refractivity (Wildman–Crippen MR) is 110 cm³/mol. The zero-order valence-electron chi connectivity index (χ0n) is 16.0. The molecule has 1 aromatic heterocycles. The van der Waals surface area contributed by atoms with Gasteiger partial charge in [0.05, 0.1) is 18.2 Å². The summed E-state index contributed by atoms with van der Waals surface area (Å²) in [6.07, 6.45) is -3.39. The lowest BCUT2D eigenvalue weighted by Gasteiger charge is -2.16. The third kappa shape index (κ3) is 5.75.